The first-order valence-corrected chi connectivity index (χ1v) is 5.29. The lowest BCUT2D eigenvalue weighted by Gasteiger charge is -2.00. The first kappa shape index (κ1) is 11.3. The number of carbonyl (C=O) groups excluding carboxylic acids is 2. The van der Waals surface area contributed by atoms with Crippen LogP contribution in [-0.4, -0.2) is 21.5 Å². The van der Waals surface area contributed by atoms with Gasteiger partial charge >= 0.3 is 0 Å². The quantitative estimate of drug-likeness (QED) is 0.644. The van der Waals surface area contributed by atoms with E-state index in [2.05, 4.69) is 9.97 Å². The van der Waals surface area contributed by atoms with Gasteiger partial charge in [0.2, 0.25) is 0 Å². The minimum atomic E-state index is -0.150. The molecule has 17 heavy (non-hydrogen) atoms. The molecular formula is C13H12N2O2. The summed E-state index contributed by atoms with van der Waals surface area (Å²) in [5.41, 5.74) is 1.46. The highest BCUT2D eigenvalue weighted by atomic mass is 16.1. The highest BCUT2D eigenvalue weighted by Crippen LogP contribution is 2.15. The number of ketones is 2. The molecule has 0 bridgehead atoms. The Hall–Kier alpha value is -2.23. The van der Waals surface area contributed by atoms with Crippen molar-refractivity contribution in [1.29, 1.82) is 0 Å². The third-order valence-corrected chi connectivity index (χ3v) is 2.39. The molecule has 2 rings (SSSR count). The molecule has 0 aliphatic carbocycles. The van der Waals surface area contributed by atoms with Gasteiger partial charge in [-0.15, -0.1) is 0 Å². The number of nitrogens with one attached hydrogen (secondary N) is 1. The van der Waals surface area contributed by atoms with Gasteiger partial charge in [0.15, 0.2) is 5.78 Å². The van der Waals surface area contributed by atoms with E-state index in [1.54, 1.807) is 24.5 Å². The molecule has 4 heteroatoms. The summed E-state index contributed by atoms with van der Waals surface area (Å²) in [6.07, 6.45) is 3.37. The van der Waals surface area contributed by atoms with E-state index in [1.165, 1.54) is 6.92 Å². The van der Waals surface area contributed by atoms with Gasteiger partial charge in [0.25, 0.3) is 0 Å². The number of nitrogens with zero attached hydrogens (tertiary/aromatic N) is 1. The average Bonchev–Trinajstić information content (AvgIpc) is 2.82. The van der Waals surface area contributed by atoms with E-state index in [1.807, 2.05) is 12.1 Å². The van der Waals surface area contributed by atoms with Crippen LogP contribution >= 0.6 is 0 Å². The monoisotopic (exact) mass is 228 g/mol. The maximum Gasteiger partial charge on any atom is 0.170 e. The van der Waals surface area contributed by atoms with Gasteiger partial charge in [-0.2, -0.15) is 0 Å². The van der Waals surface area contributed by atoms with Gasteiger partial charge in [-0.05, 0) is 6.92 Å². The maximum atomic E-state index is 11.6. The van der Waals surface area contributed by atoms with Crippen molar-refractivity contribution in [2.45, 2.75) is 13.3 Å². The summed E-state index contributed by atoms with van der Waals surface area (Å²) in [5.74, 6) is 0.490. The van der Waals surface area contributed by atoms with Crippen molar-refractivity contribution in [3.8, 4) is 11.4 Å². The second-order valence-electron chi connectivity index (χ2n) is 3.82. The Labute approximate surface area is 98.7 Å². The van der Waals surface area contributed by atoms with Gasteiger partial charge in [0, 0.05) is 23.5 Å². The average molecular weight is 228 g/mol. The number of Topliss-reactive ketones (excluding diaryl/α,β-unsaturated/α-hetero) is 2. The van der Waals surface area contributed by atoms with Crippen LogP contribution in [0.15, 0.2) is 36.7 Å². The summed E-state index contributed by atoms with van der Waals surface area (Å²) in [6.45, 7) is 1.41. The lowest BCUT2D eigenvalue weighted by molar-refractivity contribution is -0.116. The van der Waals surface area contributed by atoms with E-state index in [9.17, 15) is 9.59 Å². The third kappa shape index (κ3) is 2.66. The van der Waals surface area contributed by atoms with Crippen molar-refractivity contribution in [2.24, 2.45) is 0 Å². The Balaban J connectivity index is 2.19. The van der Waals surface area contributed by atoms with Crippen LogP contribution in [0.25, 0.3) is 11.4 Å². The van der Waals surface area contributed by atoms with Gasteiger partial charge in [-0.25, -0.2) is 4.98 Å². The van der Waals surface area contributed by atoms with Crippen LogP contribution in [-0.2, 0) is 4.79 Å². The van der Waals surface area contributed by atoms with Gasteiger partial charge in [0.05, 0.1) is 6.42 Å². The molecule has 0 saturated carbocycles. The molecule has 0 atom stereocenters. The van der Waals surface area contributed by atoms with Crippen molar-refractivity contribution in [2.75, 3.05) is 0 Å². The van der Waals surface area contributed by atoms with Crippen molar-refractivity contribution >= 4 is 11.6 Å². The Bertz CT molecular complexity index is 527. The standard InChI is InChI=1S/C13H12N2O2/c1-9(16)8-12(17)10-2-4-11(5-3-10)13-14-6-7-15-13/h2-7H,8H2,1H3,(H,14,15). The molecule has 1 heterocycles. The van der Waals surface area contributed by atoms with Gasteiger partial charge < -0.3 is 4.98 Å². The molecule has 0 aliphatic heterocycles. The second kappa shape index (κ2) is 4.74. The molecule has 1 aromatic carbocycles. The molecule has 86 valence electrons. The molecule has 1 aromatic heterocycles. The fourth-order valence-electron chi connectivity index (χ4n) is 1.57. The van der Waals surface area contributed by atoms with Crippen LogP contribution < -0.4 is 0 Å². The van der Waals surface area contributed by atoms with E-state index in [0.29, 0.717) is 5.56 Å². The lowest BCUT2D eigenvalue weighted by Crippen LogP contribution is -2.04. The molecule has 0 amide bonds. The SMILES string of the molecule is CC(=O)CC(=O)c1ccc(-c2ncc[nH]2)cc1. The van der Waals surface area contributed by atoms with Crippen LogP contribution in [0.1, 0.15) is 23.7 Å². The maximum absolute atomic E-state index is 11.6. The zero-order chi connectivity index (χ0) is 12.3. The highest BCUT2D eigenvalue weighted by molar-refractivity contribution is 6.07. The van der Waals surface area contributed by atoms with Crippen LogP contribution in [0.4, 0.5) is 0 Å². The van der Waals surface area contributed by atoms with E-state index in [-0.39, 0.29) is 18.0 Å². The summed E-state index contributed by atoms with van der Waals surface area (Å²) in [4.78, 5) is 29.6. The van der Waals surface area contributed by atoms with Gasteiger partial charge in [-0.3, -0.25) is 9.59 Å². The minimum absolute atomic E-state index is 0.0416. The summed E-state index contributed by atoms with van der Waals surface area (Å²) >= 11 is 0. The van der Waals surface area contributed by atoms with Gasteiger partial charge in [0.1, 0.15) is 11.6 Å². The van der Waals surface area contributed by atoms with Crippen molar-refractivity contribution in [3.63, 3.8) is 0 Å². The zero-order valence-corrected chi connectivity index (χ0v) is 9.43. The van der Waals surface area contributed by atoms with Crippen LogP contribution in [0, 0.1) is 0 Å². The van der Waals surface area contributed by atoms with E-state index in [0.717, 1.165) is 11.4 Å². The van der Waals surface area contributed by atoms with Crippen LogP contribution in [0.2, 0.25) is 0 Å². The molecule has 0 unspecified atom stereocenters. The topological polar surface area (TPSA) is 62.8 Å². The molecule has 1 N–H and O–H groups in total. The molecule has 0 spiro atoms. The molecule has 0 fully saturated rings. The fourth-order valence-corrected chi connectivity index (χ4v) is 1.57. The number of imidazole rings is 1. The van der Waals surface area contributed by atoms with E-state index in [4.69, 9.17) is 0 Å². The largest absolute Gasteiger partial charge is 0.345 e. The van der Waals surface area contributed by atoms with Crippen LogP contribution in [0.3, 0.4) is 0 Å². The highest BCUT2D eigenvalue weighted by Gasteiger charge is 2.08. The minimum Gasteiger partial charge on any atom is -0.345 e. The number of hydrogen-bond acceptors (Lipinski definition) is 3. The molecule has 0 saturated heterocycles. The first-order valence-electron chi connectivity index (χ1n) is 5.29. The number of benzene rings is 1. The number of H-pyrrole nitrogens is 1. The summed E-state index contributed by atoms with van der Waals surface area (Å²) < 4.78 is 0. The fraction of sp³-hybridized carbons (Fsp3) is 0.154. The number of aromatic amines is 1. The number of aromatic nitrogens is 2. The second-order valence-corrected chi connectivity index (χ2v) is 3.82. The number of hydrogen-bond donors (Lipinski definition) is 1. The first-order chi connectivity index (χ1) is 8.16. The zero-order valence-electron chi connectivity index (χ0n) is 9.43. The molecule has 0 radical (unpaired) electrons. The molecule has 0 aliphatic rings. The van der Waals surface area contributed by atoms with Crippen LogP contribution in [0.5, 0.6) is 0 Å². The Morgan fingerprint density at radius 3 is 2.47 bits per heavy atom. The predicted molar refractivity (Wildman–Crippen MR) is 63.7 cm³/mol. The molecule has 4 nitrogen and oxygen atoms in total. The Morgan fingerprint density at radius 1 is 1.24 bits per heavy atom. The lowest BCUT2D eigenvalue weighted by atomic mass is 10.0. The number of carbonyl (C=O) groups is 2. The molecular weight excluding hydrogens is 216 g/mol. The summed E-state index contributed by atoms with van der Waals surface area (Å²) in [7, 11) is 0. The van der Waals surface area contributed by atoms with E-state index < -0.39 is 0 Å². The molecule has 2 aromatic rings. The predicted octanol–water partition coefficient (Wildman–Crippen LogP) is 2.24. The Morgan fingerprint density at radius 2 is 1.94 bits per heavy atom. The van der Waals surface area contributed by atoms with Crippen molar-refractivity contribution in [3.05, 3.63) is 42.2 Å². The van der Waals surface area contributed by atoms with Crippen molar-refractivity contribution in [1.82, 2.24) is 9.97 Å². The van der Waals surface area contributed by atoms with Crippen molar-refractivity contribution < 1.29 is 9.59 Å². The van der Waals surface area contributed by atoms with E-state index >= 15 is 0 Å². The smallest absolute Gasteiger partial charge is 0.170 e. The third-order valence-electron chi connectivity index (χ3n) is 2.39. The van der Waals surface area contributed by atoms with Gasteiger partial charge in [-0.1, -0.05) is 24.3 Å². The normalized spacial score (nSPS) is 10.2. The summed E-state index contributed by atoms with van der Waals surface area (Å²) in [5, 5.41) is 0. The number of rotatable bonds is 4. The summed E-state index contributed by atoms with van der Waals surface area (Å²) in [6, 6.07) is 7.05. The Kier molecular flexibility index (Phi) is 3.14.